The molecule has 1 aromatic carbocycles. The lowest BCUT2D eigenvalue weighted by atomic mass is 10.1. The third-order valence-corrected chi connectivity index (χ3v) is 5.16. The minimum atomic E-state index is -0.583. The molecule has 0 saturated carbocycles. The molecule has 2 N–H and O–H groups in total. The van der Waals surface area contributed by atoms with E-state index < -0.39 is 5.60 Å². The van der Waals surface area contributed by atoms with Crippen molar-refractivity contribution in [2.24, 2.45) is 0 Å². The Kier molecular flexibility index (Phi) is 7.29. The van der Waals surface area contributed by atoms with Gasteiger partial charge in [0.2, 0.25) is 5.95 Å². The van der Waals surface area contributed by atoms with Gasteiger partial charge in [-0.15, -0.1) is 0 Å². The third kappa shape index (κ3) is 6.11. The largest absolute Gasteiger partial charge is 0.444 e. The number of hydrogen-bond donors (Lipinski definition) is 2. The van der Waals surface area contributed by atoms with Crippen LogP contribution in [-0.2, 0) is 11.3 Å². The van der Waals surface area contributed by atoms with Gasteiger partial charge >= 0.3 is 6.09 Å². The number of nitrogens with one attached hydrogen (secondary N) is 2. The van der Waals surface area contributed by atoms with Crippen molar-refractivity contribution in [3.8, 4) is 0 Å². The molecule has 1 saturated heterocycles. The van der Waals surface area contributed by atoms with Crippen LogP contribution in [-0.4, -0.2) is 46.2 Å². The topological polar surface area (TPSA) is 79.4 Å². The monoisotopic (exact) mass is 471 g/mol. The molecular weight excluding hydrogens is 449 g/mol. The summed E-state index contributed by atoms with van der Waals surface area (Å²) in [6, 6.07) is 6.61. The number of nitrogens with zero attached hydrogens (tertiary/aromatic N) is 3. The average molecular weight is 473 g/mol. The summed E-state index contributed by atoms with van der Waals surface area (Å²) in [5.74, 6) is 0.346. The molecular formula is C20H24Cl3N5O2. The molecule has 7 nitrogen and oxygen atoms in total. The van der Waals surface area contributed by atoms with Crippen LogP contribution in [0, 0.1) is 0 Å². The first-order valence-corrected chi connectivity index (χ1v) is 10.7. The molecule has 1 aliphatic heterocycles. The number of ether oxygens (including phenoxy) is 1. The van der Waals surface area contributed by atoms with Crippen molar-refractivity contribution >= 4 is 46.8 Å². The van der Waals surface area contributed by atoms with Gasteiger partial charge in [-0.2, -0.15) is 0 Å². The van der Waals surface area contributed by atoms with E-state index >= 15 is 0 Å². The summed E-state index contributed by atoms with van der Waals surface area (Å²) >= 11 is 18.4. The van der Waals surface area contributed by atoms with E-state index in [1.54, 1.807) is 23.1 Å². The van der Waals surface area contributed by atoms with E-state index in [2.05, 4.69) is 20.6 Å². The van der Waals surface area contributed by atoms with E-state index in [0.717, 1.165) is 5.56 Å². The number of hydrogen-bond acceptors (Lipinski definition) is 6. The smallest absolute Gasteiger partial charge is 0.410 e. The van der Waals surface area contributed by atoms with Crippen molar-refractivity contribution in [1.29, 1.82) is 0 Å². The molecule has 1 fully saturated rings. The Balaban J connectivity index is 1.79. The minimum Gasteiger partial charge on any atom is -0.444 e. The number of benzene rings is 1. The van der Waals surface area contributed by atoms with E-state index in [-0.39, 0.29) is 17.3 Å². The summed E-state index contributed by atoms with van der Waals surface area (Å²) in [5.41, 5.74) is 0.888. The molecule has 0 spiro atoms. The summed E-state index contributed by atoms with van der Waals surface area (Å²) in [5, 5.41) is 7.81. The number of halogens is 3. The van der Waals surface area contributed by atoms with Gasteiger partial charge in [-0.3, -0.25) is 4.90 Å². The van der Waals surface area contributed by atoms with Crippen LogP contribution >= 0.6 is 34.8 Å². The van der Waals surface area contributed by atoms with Gasteiger partial charge in [0, 0.05) is 36.2 Å². The lowest BCUT2D eigenvalue weighted by molar-refractivity contribution is 0.0113. The molecule has 10 heteroatoms. The number of carbonyl (C=O) groups excluding carboxylic acids is 1. The first-order chi connectivity index (χ1) is 14.1. The second-order valence-electron chi connectivity index (χ2n) is 7.92. The number of amides is 1. The third-order valence-electron chi connectivity index (χ3n) is 4.38. The molecule has 1 amide bonds. The van der Waals surface area contributed by atoms with Crippen molar-refractivity contribution in [2.45, 2.75) is 39.0 Å². The van der Waals surface area contributed by atoms with Gasteiger partial charge in [0.1, 0.15) is 10.8 Å². The van der Waals surface area contributed by atoms with E-state index in [4.69, 9.17) is 39.5 Å². The Morgan fingerprint density at radius 3 is 2.73 bits per heavy atom. The SMILES string of the molecule is CC(C)(C)OC(=O)N1CCNCC1c1cc(Cl)nc(NCc2ccc(Cl)cc2Cl)n1. The van der Waals surface area contributed by atoms with Gasteiger partial charge in [0.15, 0.2) is 0 Å². The van der Waals surface area contributed by atoms with Gasteiger partial charge in [-0.05, 0) is 44.5 Å². The van der Waals surface area contributed by atoms with E-state index in [9.17, 15) is 4.79 Å². The van der Waals surface area contributed by atoms with E-state index in [0.29, 0.717) is 47.9 Å². The Morgan fingerprint density at radius 1 is 1.27 bits per heavy atom. The molecule has 0 bridgehead atoms. The maximum Gasteiger partial charge on any atom is 0.410 e. The Morgan fingerprint density at radius 2 is 2.03 bits per heavy atom. The van der Waals surface area contributed by atoms with Crippen molar-refractivity contribution in [3.05, 3.63) is 50.7 Å². The molecule has 1 atom stereocenters. The molecule has 30 heavy (non-hydrogen) atoms. The highest BCUT2D eigenvalue weighted by Gasteiger charge is 2.32. The van der Waals surface area contributed by atoms with E-state index in [1.165, 1.54) is 0 Å². The van der Waals surface area contributed by atoms with Crippen LogP contribution in [0.2, 0.25) is 15.2 Å². The normalized spacial score (nSPS) is 17.0. The zero-order valence-corrected chi connectivity index (χ0v) is 19.3. The first kappa shape index (κ1) is 22.9. The maximum atomic E-state index is 12.7. The quantitative estimate of drug-likeness (QED) is 0.614. The van der Waals surface area contributed by atoms with Gasteiger partial charge in [0.25, 0.3) is 0 Å². The second-order valence-corrected chi connectivity index (χ2v) is 9.15. The van der Waals surface area contributed by atoms with Gasteiger partial charge < -0.3 is 15.4 Å². The van der Waals surface area contributed by atoms with Crippen LogP contribution in [0.4, 0.5) is 10.7 Å². The Bertz CT molecular complexity index is 920. The maximum absolute atomic E-state index is 12.7. The summed E-state index contributed by atoms with van der Waals surface area (Å²) in [6.07, 6.45) is -0.383. The molecule has 2 aromatic rings. The molecule has 1 unspecified atom stereocenters. The summed E-state index contributed by atoms with van der Waals surface area (Å²) in [7, 11) is 0. The Hall–Kier alpha value is -1.80. The Labute approximate surface area is 191 Å². The predicted molar refractivity (Wildman–Crippen MR) is 119 cm³/mol. The van der Waals surface area contributed by atoms with Crippen LogP contribution in [0.3, 0.4) is 0 Å². The van der Waals surface area contributed by atoms with Crippen molar-refractivity contribution in [1.82, 2.24) is 20.2 Å². The lowest BCUT2D eigenvalue weighted by Crippen LogP contribution is -2.50. The fourth-order valence-electron chi connectivity index (χ4n) is 3.03. The molecule has 0 aliphatic carbocycles. The molecule has 1 aromatic heterocycles. The predicted octanol–water partition coefficient (Wildman–Crippen LogP) is 4.93. The van der Waals surface area contributed by atoms with Crippen LogP contribution in [0.25, 0.3) is 0 Å². The second kappa shape index (κ2) is 9.56. The van der Waals surface area contributed by atoms with Crippen LogP contribution in [0.5, 0.6) is 0 Å². The van der Waals surface area contributed by atoms with Gasteiger partial charge in [-0.1, -0.05) is 40.9 Å². The van der Waals surface area contributed by atoms with Gasteiger partial charge in [-0.25, -0.2) is 14.8 Å². The fraction of sp³-hybridized carbons (Fsp3) is 0.450. The summed E-state index contributed by atoms with van der Waals surface area (Å²) in [4.78, 5) is 23.2. The highest BCUT2D eigenvalue weighted by atomic mass is 35.5. The number of anilines is 1. The van der Waals surface area contributed by atoms with E-state index in [1.807, 2.05) is 26.8 Å². The average Bonchev–Trinajstić information content (AvgIpc) is 2.65. The number of rotatable bonds is 4. The minimum absolute atomic E-state index is 0.277. The standard InChI is InChI=1S/C20H24Cl3N5O2/c1-20(2,3)30-19(29)28-7-6-24-11-16(28)15-9-17(23)27-18(26-15)25-10-12-4-5-13(21)8-14(12)22/h4-5,8-9,16,24H,6-7,10-11H2,1-3H3,(H,25,26,27). The van der Waals surface area contributed by atoms with Crippen molar-refractivity contribution in [3.63, 3.8) is 0 Å². The van der Waals surface area contributed by atoms with Crippen molar-refractivity contribution < 1.29 is 9.53 Å². The lowest BCUT2D eigenvalue weighted by Gasteiger charge is -2.36. The molecule has 1 aliphatic rings. The summed E-state index contributed by atoms with van der Waals surface area (Å²) in [6.45, 7) is 7.64. The van der Waals surface area contributed by atoms with Crippen LogP contribution in [0.15, 0.2) is 24.3 Å². The zero-order chi connectivity index (χ0) is 21.9. The molecule has 0 radical (unpaired) electrons. The van der Waals surface area contributed by atoms with Crippen molar-refractivity contribution in [2.75, 3.05) is 25.0 Å². The van der Waals surface area contributed by atoms with Crippen LogP contribution < -0.4 is 10.6 Å². The first-order valence-electron chi connectivity index (χ1n) is 9.55. The number of aromatic nitrogens is 2. The number of piperazine rings is 1. The molecule has 2 heterocycles. The van der Waals surface area contributed by atoms with Crippen LogP contribution in [0.1, 0.15) is 38.1 Å². The molecule has 162 valence electrons. The molecule has 3 rings (SSSR count). The number of carbonyl (C=O) groups is 1. The zero-order valence-electron chi connectivity index (χ0n) is 17.0. The highest BCUT2D eigenvalue weighted by Crippen LogP contribution is 2.26. The highest BCUT2D eigenvalue weighted by molar-refractivity contribution is 6.35. The fourth-order valence-corrected chi connectivity index (χ4v) is 3.70. The summed E-state index contributed by atoms with van der Waals surface area (Å²) < 4.78 is 5.56. The van der Waals surface area contributed by atoms with Gasteiger partial charge in [0.05, 0.1) is 11.7 Å².